The molecule has 2 atom stereocenters. The first-order valence-corrected chi connectivity index (χ1v) is 6.67. The van der Waals surface area contributed by atoms with Gasteiger partial charge in [-0.25, -0.2) is 4.79 Å². The first-order chi connectivity index (χ1) is 10.2. The van der Waals surface area contributed by atoms with Crippen LogP contribution in [0.1, 0.15) is 21.5 Å². The Labute approximate surface area is 121 Å². The van der Waals surface area contributed by atoms with Gasteiger partial charge in [0.15, 0.2) is 0 Å². The average Bonchev–Trinajstić information content (AvgIpc) is 3.21. The molecule has 0 amide bonds. The molecule has 1 saturated heterocycles. The Morgan fingerprint density at radius 3 is 2.43 bits per heavy atom. The minimum Gasteiger partial charge on any atom is -0.467 e. The summed E-state index contributed by atoms with van der Waals surface area (Å²) in [5.41, 5.74) is -0.817. The molecule has 1 heterocycles. The van der Waals surface area contributed by atoms with Gasteiger partial charge in [-0.15, -0.1) is 0 Å². The Bertz CT molecular complexity index is 765. The summed E-state index contributed by atoms with van der Waals surface area (Å²) in [5, 5.41) is 0. The number of carbonyl (C=O) groups excluding carboxylic acids is 2. The van der Waals surface area contributed by atoms with E-state index in [1.165, 1.54) is 7.11 Å². The Hall–Kier alpha value is -2.46. The lowest BCUT2D eigenvalue weighted by molar-refractivity contribution is -0.147. The van der Waals surface area contributed by atoms with Crippen LogP contribution in [-0.2, 0) is 25.5 Å². The molecule has 0 bridgehead atoms. The molecule has 0 spiro atoms. The smallest absolute Gasteiger partial charge is 0.346 e. The number of ether oxygens (including phenoxy) is 2. The van der Waals surface area contributed by atoms with Crippen molar-refractivity contribution in [2.45, 2.75) is 11.2 Å². The fraction of sp³-hybridized carbons (Fsp3) is 0.176. The van der Waals surface area contributed by atoms with E-state index >= 15 is 0 Å². The van der Waals surface area contributed by atoms with Crippen LogP contribution >= 0.6 is 0 Å². The molecule has 0 N–H and O–H groups in total. The lowest BCUT2D eigenvalue weighted by atomic mass is 9.86. The number of epoxide rings is 1. The van der Waals surface area contributed by atoms with Crippen LogP contribution in [-0.4, -0.2) is 18.9 Å². The van der Waals surface area contributed by atoms with Crippen LogP contribution in [0.4, 0.5) is 0 Å². The largest absolute Gasteiger partial charge is 0.467 e. The van der Waals surface area contributed by atoms with Crippen molar-refractivity contribution in [1.29, 1.82) is 0 Å². The minimum absolute atomic E-state index is 0.185. The average molecular weight is 280 g/mol. The molecule has 4 heteroatoms. The Balaban J connectivity index is 2.00. The van der Waals surface area contributed by atoms with Gasteiger partial charge in [-0.1, -0.05) is 54.6 Å². The summed E-state index contributed by atoms with van der Waals surface area (Å²) in [7, 11) is 1.31. The van der Waals surface area contributed by atoms with Crippen molar-refractivity contribution in [3.63, 3.8) is 0 Å². The summed E-state index contributed by atoms with van der Waals surface area (Å²) in [6.07, 6.45) is 0. The van der Waals surface area contributed by atoms with Crippen molar-refractivity contribution in [3.8, 4) is 0 Å². The molecule has 1 fully saturated rings. The van der Waals surface area contributed by atoms with Crippen LogP contribution in [0.15, 0.2) is 54.6 Å². The van der Waals surface area contributed by atoms with Crippen molar-refractivity contribution in [3.05, 3.63) is 71.3 Å². The first kappa shape index (κ1) is 12.3. The zero-order valence-electron chi connectivity index (χ0n) is 11.3. The molecular weight excluding hydrogens is 268 g/mol. The summed E-state index contributed by atoms with van der Waals surface area (Å²) in [5.74, 6) is -0.723. The van der Waals surface area contributed by atoms with Crippen molar-refractivity contribution < 1.29 is 19.1 Å². The minimum atomic E-state index is -1.34. The monoisotopic (exact) mass is 280 g/mol. The van der Waals surface area contributed by atoms with E-state index in [-0.39, 0.29) is 5.78 Å². The molecule has 2 aromatic carbocycles. The molecule has 0 saturated carbocycles. The number of rotatable bonds is 2. The number of carbonyl (C=O) groups is 2. The molecule has 2 aliphatic rings. The van der Waals surface area contributed by atoms with Gasteiger partial charge >= 0.3 is 5.97 Å². The Morgan fingerprint density at radius 1 is 1.05 bits per heavy atom. The molecular formula is C17H12O4. The van der Waals surface area contributed by atoms with Gasteiger partial charge < -0.3 is 9.47 Å². The molecule has 2 unspecified atom stereocenters. The number of methoxy groups -OCH3 is 1. The molecule has 1 aliphatic carbocycles. The number of Topliss-reactive ketones (excluding diaryl/α,β-unsaturated/α-hetero) is 1. The van der Waals surface area contributed by atoms with Gasteiger partial charge in [0.2, 0.25) is 17.0 Å². The number of hydrogen-bond donors (Lipinski definition) is 0. The third kappa shape index (κ3) is 1.19. The quantitative estimate of drug-likeness (QED) is 0.625. The highest BCUT2D eigenvalue weighted by atomic mass is 16.7. The van der Waals surface area contributed by atoms with Crippen LogP contribution in [0.5, 0.6) is 0 Å². The maximum Gasteiger partial charge on any atom is 0.346 e. The fourth-order valence-electron chi connectivity index (χ4n) is 3.34. The zero-order chi connectivity index (χ0) is 14.7. The number of ketones is 1. The van der Waals surface area contributed by atoms with Crippen LogP contribution in [0.2, 0.25) is 0 Å². The van der Waals surface area contributed by atoms with E-state index in [9.17, 15) is 9.59 Å². The predicted octanol–water partition coefficient (Wildman–Crippen LogP) is 2.18. The van der Waals surface area contributed by atoms with Crippen molar-refractivity contribution >= 4 is 11.8 Å². The third-order valence-electron chi connectivity index (χ3n) is 4.28. The maximum absolute atomic E-state index is 12.9. The normalized spacial score (nSPS) is 28.7. The second-order valence-corrected chi connectivity index (χ2v) is 5.20. The van der Waals surface area contributed by atoms with Crippen LogP contribution in [0.3, 0.4) is 0 Å². The van der Waals surface area contributed by atoms with Crippen LogP contribution in [0, 0.1) is 0 Å². The summed E-state index contributed by atoms with van der Waals surface area (Å²) in [6.45, 7) is 0. The van der Waals surface area contributed by atoms with Crippen molar-refractivity contribution in [1.82, 2.24) is 0 Å². The highest BCUT2D eigenvalue weighted by Gasteiger charge is 2.85. The summed E-state index contributed by atoms with van der Waals surface area (Å²) in [4.78, 5) is 25.2. The fourth-order valence-corrected chi connectivity index (χ4v) is 3.34. The Morgan fingerprint density at radius 2 is 1.71 bits per heavy atom. The van der Waals surface area contributed by atoms with Crippen molar-refractivity contribution in [2.24, 2.45) is 0 Å². The van der Waals surface area contributed by atoms with Crippen LogP contribution in [0.25, 0.3) is 0 Å². The number of hydrogen-bond acceptors (Lipinski definition) is 4. The standard InChI is InChI=1S/C17H12O4/c1-20-15(19)17-13-10-6-5-9-12(13)14(18)16(17,21-17)11-7-3-2-4-8-11/h2-10H,1H3. The molecule has 21 heavy (non-hydrogen) atoms. The second kappa shape index (κ2) is 3.80. The van der Waals surface area contributed by atoms with E-state index in [0.717, 1.165) is 0 Å². The molecule has 0 radical (unpaired) electrons. The summed E-state index contributed by atoms with van der Waals surface area (Å²) < 4.78 is 10.7. The number of esters is 1. The predicted molar refractivity (Wildman–Crippen MR) is 73.7 cm³/mol. The van der Waals surface area contributed by atoms with Gasteiger partial charge in [0.05, 0.1) is 7.11 Å². The van der Waals surface area contributed by atoms with Gasteiger partial charge in [0, 0.05) is 11.1 Å². The van der Waals surface area contributed by atoms with Gasteiger partial charge in [-0.3, -0.25) is 4.79 Å². The van der Waals surface area contributed by atoms with E-state index in [1.807, 2.05) is 18.2 Å². The summed E-state index contributed by atoms with van der Waals surface area (Å²) >= 11 is 0. The molecule has 0 aromatic heterocycles. The lowest BCUT2D eigenvalue weighted by Gasteiger charge is -2.10. The van der Waals surface area contributed by atoms with E-state index in [1.54, 1.807) is 36.4 Å². The third-order valence-corrected chi connectivity index (χ3v) is 4.28. The van der Waals surface area contributed by atoms with E-state index in [4.69, 9.17) is 9.47 Å². The van der Waals surface area contributed by atoms with Gasteiger partial charge in [-0.2, -0.15) is 0 Å². The van der Waals surface area contributed by atoms with E-state index in [2.05, 4.69) is 0 Å². The molecule has 4 rings (SSSR count). The molecule has 2 aromatic rings. The van der Waals surface area contributed by atoms with E-state index in [0.29, 0.717) is 16.7 Å². The highest BCUT2D eigenvalue weighted by Crippen LogP contribution is 2.69. The molecule has 4 nitrogen and oxygen atoms in total. The Kier molecular flexibility index (Phi) is 2.22. The zero-order valence-corrected chi connectivity index (χ0v) is 11.3. The van der Waals surface area contributed by atoms with Gasteiger partial charge in [0.1, 0.15) is 0 Å². The second-order valence-electron chi connectivity index (χ2n) is 5.20. The van der Waals surface area contributed by atoms with Crippen LogP contribution < -0.4 is 0 Å². The number of benzene rings is 2. The first-order valence-electron chi connectivity index (χ1n) is 6.67. The number of fused-ring (bicyclic) bond motifs is 3. The lowest BCUT2D eigenvalue weighted by Crippen LogP contribution is -2.30. The highest BCUT2D eigenvalue weighted by molar-refractivity contribution is 6.17. The molecule has 1 aliphatic heterocycles. The van der Waals surface area contributed by atoms with Crippen molar-refractivity contribution in [2.75, 3.05) is 7.11 Å². The van der Waals surface area contributed by atoms with E-state index < -0.39 is 17.2 Å². The topological polar surface area (TPSA) is 55.9 Å². The molecule has 104 valence electrons. The SMILES string of the molecule is COC(=O)C12OC1(c1ccccc1)C(=O)c1ccccc12. The summed E-state index contributed by atoms with van der Waals surface area (Å²) in [6, 6.07) is 16.2. The van der Waals surface area contributed by atoms with Gasteiger partial charge in [0.25, 0.3) is 0 Å². The maximum atomic E-state index is 12.9. The van der Waals surface area contributed by atoms with Gasteiger partial charge in [-0.05, 0) is 5.56 Å².